The van der Waals surface area contributed by atoms with Crippen LogP contribution in [0.25, 0.3) is 0 Å². The predicted octanol–water partition coefficient (Wildman–Crippen LogP) is 3.45. The Bertz CT molecular complexity index is 475. The van der Waals surface area contributed by atoms with Crippen LogP contribution in [0.2, 0.25) is 0 Å². The molecule has 1 aliphatic heterocycles. The number of halogens is 1. The molecule has 18 heavy (non-hydrogen) atoms. The zero-order valence-corrected chi connectivity index (χ0v) is 12.3. The zero-order chi connectivity index (χ0) is 13.3. The van der Waals surface area contributed by atoms with Gasteiger partial charge in [-0.3, -0.25) is 4.79 Å². The van der Waals surface area contributed by atoms with Crippen LogP contribution >= 0.6 is 15.9 Å². The van der Waals surface area contributed by atoms with Crippen LogP contribution in [-0.4, -0.2) is 24.2 Å². The lowest BCUT2D eigenvalue weighted by atomic mass is 9.86. The largest absolute Gasteiger partial charge is 0.481 e. The first kappa shape index (κ1) is 13.4. The Morgan fingerprint density at radius 2 is 2.28 bits per heavy atom. The molecule has 0 spiro atoms. The molecule has 0 radical (unpaired) electrons. The van der Waals surface area contributed by atoms with E-state index >= 15 is 0 Å². The summed E-state index contributed by atoms with van der Waals surface area (Å²) in [7, 11) is 0. The molecule has 2 rings (SSSR count). The molecular formula is C14H18BrNO2. The van der Waals surface area contributed by atoms with Crippen LogP contribution in [-0.2, 0) is 4.79 Å². The van der Waals surface area contributed by atoms with E-state index in [1.54, 1.807) is 0 Å². The number of rotatable bonds is 3. The maximum Gasteiger partial charge on any atom is 0.303 e. The summed E-state index contributed by atoms with van der Waals surface area (Å²) in [5.41, 5.74) is 2.34. The standard InChI is InChI=1S/C14H18BrNO2/c1-10-7-11(15)3-4-12(10)16-6-5-14(2,9-16)8-13(17)18/h3-4,7H,5-6,8-9H2,1-2H3,(H,17,18). The molecule has 1 aromatic rings. The first-order chi connectivity index (χ1) is 8.39. The number of hydrogen-bond donors (Lipinski definition) is 1. The summed E-state index contributed by atoms with van der Waals surface area (Å²) in [5.74, 6) is -0.702. The van der Waals surface area contributed by atoms with Crippen molar-refractivity contribution in [2.45, 2.75) is 26.7 Å². The maximum atomic E-state index is 10.9. The number of aliphatic carboxylic acids is 1. The second-order valence-corrected chi connectivity index (χ2v) is 6.40. The number of aryl methyl sites for hydroxylation is 1. The monoisotopic (exact) mass is 311 g/mol. The highest BCUT2D eigenvalue weighted by atomic mass is 79.9. The van der Waals surface area contributed by atoms with Crippen molar-refractivity contribution in [2.24, 2.45) is 5.41 Å². The van der Waals surface area contributed by atoms with Crippen LogP contribution in [0.1, 0.15) is 25.3 Å². The smallest absolute Gasteiger partial charge is 0.303 e. The summed E-state index contributed by atoms with van der Waals surface area (Å²) in [5, 5.41) is 8.96. The van der Waals surface area contributed by atoms with Crippen LogP contribution in [0.5, 0.6) is 0 Å². The molecule has 1 fully saturated rings. The van der Waals surface area contributed by atoms with Gasteiger partial charge in [0, 0.05) is 23.2 Å². The number of carboxylic acid groups (broad SMARTS) is 1. The van der Waals surface area contributed by atoms with Gasteiger partial charge in [-0.25, -0.2) is 0 Å². The Kier molecular flexibility index (Phi) is 3.66. The topological polar surface area (TPSA) is 40.5 Å². The van der Waals surface area contributed by atoms with Crippen LogP contribution in [0.3, 0.4) is 0 Å². The summed E-state index contributed by atoms with van der Waals surface area (Å²) < 4.78 is 1.08. The van der Waals surface area contributed by atoms with Crippen LogP contribution in [0.15, 0.2) is 22.7 Å². The highest BCUT2D eigenvalue weighted by Gasteiger charge is 2.36. The SMILES string of the molecule is Cc1cc(Br)ccc1N1CCC(C)(CC(=O)O)C1. The minimum absolute atomic E-state index is 0.106. The lowest BCUT2D eigenvalue weighted by Gasteiger charge is -2.25. The normalized spacial score (nSPS) is 23.4. The van der Waals surface area contributed by atoms with E-state index in [2.05, 4.69) is 46.8 Å². The number of hydrogen-bond acceptors (Lipinski definition) is 2. The fraction of sp³-hybridized carbons (Fsp3) is 0.500. The van der Waals surface area contributed by atoms with Gasteiger partial charge in [-0.05, 0) is 42.5 Å². The molecule has 0 bridgehead atoms. The number of carboxylic acids is 1. The number of nitrogens with zero attached hydrogens (tertiary/aromatic N) is 1. The van der Waals surface area contributed by atoms with Gasteiger partial charge in [0.15, 0.2) is 0 Å². The fourth-order valence-electron chi connectivity index (χ4n) is 2.71. The summed E-state index contributed by atoms with van der Waals surface area (Å²) in [6.07, 6.45) is 1.19. The second kappa shape index (κ2) is 4.92. The van der Waals surface area contributed by atoms with Gasteiger partial charge in [-0.2, -0.15) is 0 Å². The molecule has 1 saturated heterocycles. The average Bonchev–Trinajstić information content (AvgIpc) is 2.59. The Balaban J connectivity index is 2.15. The van der Waals surface area contributed by atoms with Gasteiger partial charge in [0.1, 0.15) is 0 Å². The van der Waals surface area contributed by atoms with Gasteiger partial charge in [-0.15, -0.1) is 0 Å². The quantitative estimate of drug-likeness (QED) is 0.929. The Morgan fingerprint density at radius 1 is 1.56 bits per heavy atom. The van der Waals surface area contributed by atoms with E-state index in [0.29, 0.717) is 0 Å². The van der Waals surface area contributed by atoms with Gasteiger partial charge >= 0.3 is 5.97 Å². The van der Waals surface area contributed by atoms with Gasteiger partial charge < -0.3 is 10.0 Å². The zero-order valence-electron chi connectivity index (χ0n) is 10.7. The van der Waals surface area contributed by atoms with E-state index in [9.17, 15) is 4.79 Å². The van der Waals surface area contributed by atoms with E-state index in [4.69, 9.17) is 5.11 Å². The third kappa shape index (κ3) is 2.86. The van der Waals surface area contributed by atoms with E-state index in [0.717, 1.165) is 24.0 Å². The summed E-state index contributed by atoms with van der Waals surface area (Å²) in [6.45, 7) is 5.91. The van der Waals surface area contributed by atoms with Crippen molar-refractivity contribution in [3.8, 4) is 0 Å². The highest BCUT2D eigenvalue weighted by molar-refractivity contribution is 9.10. The molecule has 0 amide bonds. The summed E-state index contributed by atoms with van der Waals surface area (Å²) in [6, 6.07) is 6.24. The Hall–Kier alpha value is -1.03. The molecule has 0 aliphatic carbocycles. The van der Waals surface area contributed by atoms with Gasteiger partial charge in [-0.1, -0.05) is 22.9 Å². The molecule has 0 saturated carbocycles. The first-order valence-electron chi connectivity index (χ1n) is 6.13. The fourth-order valence-corrected chi connectivity index (χ4v) is 3.19. The molecule has 1 aromatic carbocycles. The molecule has 1 heterocycles. The molecule has 4 heteroatoms. The van der Waals surface area contributed by atoms with Gasteiger partial charge in [0.2, 0.25) is 0 Å². The van der Waals surface area contributed by atoms with Crippen molar-refractivity contribution >= 4 is 27.6 Å². The number of anilines is 1. The maximum absolute atomic E-state index is 10.9. The summed E-state index contributed by atoms with van der Waals surface area (Å²) >= 11 is 3.46. The van der Waals surface area contributed by atoms with Crippen molar-refractivity contribution in [3.63, 3.8) is 0 Å². The first-order valence-corrected chi connectivity index (χ1v) is 6.92. The van der Waals surface area contributed by atoms with Crippen molar-refractivity contribution < 1.29 is 9.90 Å². The van der Waals surface area contributed by atoms with Crippen LogP contribution < -0.4 is 4.90 Å². The minimum atomic E-state index is -0.702. The highest BCUT2D eigenvalue weighted by Crippen LogP contribution is 2.37. The van der Waals surface area contributed by atoms with Gasteiger partial charge in [0.25, 0.3) is 0 Å². The van der Waals surface area contributed by atoms with E-state index < -0.39 is 5.97 Å². The summed E-state index contributed by atoms with van der Waals surface area (Å²) in [4.78, 5) is 13.2. The van der Waals surface area contributed by atoms with Crippen LogP contribution in [0.4, 0.5) is 5.69 Å². The molecule has 1 aliphatic rings. The molecule has 1 N–H and O–H groups in total. The predicted molar refractivity (Wildman–Crippen MR) is 76.1 cm³/mol. The van der Waals surface area contributed by atoms with Crippen molar-refractivity contribution in [1.29, 1.82) is 0 Å². The third-order valence-electron chi connectivity index (χ3n) is 3.64. The molecule has 1 atom stereocenters. The van der Waals surface area contributed by atoms with E-state index in [-0.39, 0.29) is 11.8 Å². The minimum Gasteiger partial charge on any atom is -0.481 e. The van der Waals surface area contributed by atoms with Crippen molar-refractivity contribution in [1.82, 2.24) is 0 Å². The van der Waals surface area contributed by atoms with Crippen LogP contribution in [0, 0.1) is 12.3 Å². The Labute approximate surface area is 116 Å². The number of carbonyl (C=O) groups is 1. The molecule has 1 unspecified atom stereocenters. The lowest BCUT2D eigenvalue weighted by molar-refractivity contribution is -0.139. The average molecular weight is 312 g/mol. The second-order valence-electron chi connectivity index (χ2n) is 5.48. The molecule has 98 valence electrons. The number of benzene rings is 1. The van der Waals surface area contributed by atoms with E-state index in [1.807, 2.05) is 6.07 Å². The molecule has 0 aromatic heterocycles. The van der Waals surface area contributed by atoms with Crippen molar-refractivity contribution in [3.05, 3.63) is 28.2 Å². The van der Waals surface area contributed by atoms with Crippen molar-refractivity contribution in [2.75, 3.05) is 18.0 Å². The molecule has 3 nitrogen and oxygen atoms in total. The van der Waals surface area contributed by atoms with Gasteiger partial charge in [0.05, 0.1) is 6.42 Å². The third-order valence-corrected chi connectivity index (χ3v) is 4.13. The lowest BCUT2D eigenvalue weighted by Crippen LogP contribution is -2.27. The van der Waals surface area contributed by atoms with E-state index in [1.165, 1.54) is 11.3 Å². The molecular weight excluding hydrogens is 294 g/mol. The Morgan fingerprint density at radius 3 is 2.89 bits per heavy atom.